The van der Waals surface area contributed by atoms with E-state index in [-0.39, 0.29) is 22.8 Å². The summed E-state index contributed by atoms with van der Waals surface area (Å²) in [6.07, 6.45) is 11.5. The van der Waals surface area contributed by atoms with Crippen molar-refractivity contribution in [1.82, 2.24) is 0 Å². The molecule has 3 aliphatic carbocycles. The Morgan fingerprint density at radius 1 is 1.09 bits per heavy atom. The van der Waals surface area contributed by atoms with Crippen molar-refractivity contribution in [2.75, 3.05) is 0 Å². The van der Waals surface area contributed by atoms with Crippen molar-refractivity contribution in [3.8, 4) is 0 Å². The highest BCUT2D eigenvalue weighted by molar-refractivity contribution is 6.01. The summed E-state index contributed by atoms with van der Waals surface area (Å²) < 4.78 is 5.79. The lowest BCUT2D eigenvalue weighted by Gasteiger charge is -2.58. The number of esters is 1. The largest absolute Gasteiger partial charge is 0.459 e. The first-order chi connectivity index (χ1) is 10.4. The second kappa shape index (κ2) is 4.56. The summed E-state index contributed by atoms with van der Waals surface area (Å²) in [5.41, 5.74) is 1.08. The van der Waals surface area contributed by atoms with Crippen LogP contribution in [-0.2, 0) is 14.3 Å². The fourth-order valence-electron chi connectivity index (χ4n) is 5.72. The van der Waals surface area contributed by atoms with Crippen LogP contribution in [0.1, 0.15) is 52.4 Å². The quantitative estimate of drug-likeness (QED) is 0.642. The molecular formula is C19H24O3. The predicted octanol–water partition coefficient (Wildman–Crippen LogP) is 3.59. The Labute approximate surface area is 131 Å². The van der Waals surface area contributed by atoms with Crippen molar-refractivity contribution in [1.29, 1.82) is 0 Å². The molecular weight excluding hydrogens is 276 g/mol. The van der Waals surface area contributed by atoms with Crippen LogP contribution in [0.25, 0.3) is 0 Å². The van der Waals surface area contributed by atoms with E-state index in [9.17, 15) is 9.59 Å². The normalized spacial score (nSPS) is 47.0. The van der Waals surface area contributed by atoms with E-state index in [0.29, 0.717) is 24.2 Å². The van der Waals surface area contributed by atoms with Crippen molar-refractivity contribution in [3.63, 3.8) is 0 Å². The number of fused-ring (bicyclic) bond motifs is 5. The van der Waals surface area contributed by atoms with Crippen molar-refractivity contribution >= 4 is 11.8 Å². The Morgan fingerprint density at radius 3 is 2.73 bits per heavy atom. The summed E-state index contributed by atoms with van der Waals surface area (Å²) in [5, 5.41) is 0. The standard InChI is InChI=1S/C19H24O3/c1-18-9-7-13(20)11-12(18)3-4-14-15(18)8-10-19(2)16(14)5-6-17(21)22-19/h7,9,11,14-16H,3-6,8,10H2,1-2H3/t14-,15+,16+,18-,19-/m0/s1. The first-order valence-corrected chi connectivity index (χ1v) is 8.58. The molecule has 5 atom stereocenters. The maximum absolute atomic E-state index is 11.7. The molecule has 0 aromatic rings. The van der Waals surface area contributed by atoms with Crippen LogP contribution in [-0.4, -0.2) is 17.4 Å². The molecule has 22 heavy (non-hydrogen) atoms. The fraction of sp³-hybridized carbons (Fsp3) is 0.684. The van der Waals surface area contributed by atoms with Gasteiger partial charge in [0.1, 0.15) is 5.60 Å². The lowest BCUT2D eigenvalue weighted by molar-refractivity contribution is -0.192. The molecule has 0 aromatic carbocycles. The number of rotatable bonds is 0. The summed E-state index contributed by atoms with van der Waals surface area (Å²) >= 11 is 0. The van der Waals surface area contributed by atoms with E-state index in [2.05, 4.69) is 19.9 Å². The second-order valence-corrected chi connectivity index (χ2v) is 7.97. The van der Waals surface area contributed by atoms with Crippen LogP contribution in [0.4, 0.5) is 0 Å². The number of hydrogen-bond donors (Lipinski definition) is 0. The molecule has 3 heteroatoms. The molecule has 0 aromatic heterocycles. The third kappa shape index (κ3) is 1.87. The Kier molecular flexibility index (Phi) is 2.95. The van der Waals surface area contributed by atoms with E-state index in [1.54, 1.807) is 6.08 Å². The van der Waals surface area contributed by atoms with Gasteiger partial charge in [-0.1, -0.05) is 18.6 Å². The number of hydrogen-bond acceptors (Lipinski definition) is 3. The van der Waals surface area contributed by atoms with Gasteiger partial charge in [-0.25, -0.2) is 0 Å². The molecule has 3 nitrogen and oxygen atoms in total. The van der Waals surface area contributed by atoms with Gasteiger partial charge in [-0.3, -0.25) is 9.59 Å². The molecule has 2 saturated carbocycles. The molecule has 3 fully saturated rings. The van der Waals surface area contributed by atoms with E-state index in [4.69, 9.17) is 4.74 Å². The maximum Gasteiger partial charge on any atom is 0.306 e. The molecule has 0 N–H and O–H groups in total. The van der Waals surface area contributed by atoms with E-state index in [0.717, 1.165) is 32.1 Å². The molecule has 1 aliphatic heterocycles. The Morgan fingerprint density at radius 2 is 1.91 bits per heavy atom. The molecule has 1 saturated heterocycles. The number of allylic oxidation sites excluding steroid dienone is 4. The Balaban J connectivity index is 1.68. The van der Waals surface area contributed by atoms with Crippen LogP contribution in [0.2, 0.25) is 0 Å². The minimum atomic E-state index is -0.262. The van der Waals surface area contributed by atoms with Crippen LogP contribution >= 0.6 is 0 Å². The van der Waals surface area contributed by atoms with Gasteiger partial charge in [-0.15, -0.1) is 0 Å². The van der Waals surface area contributed by atoms with Crippen LogP contribution in [0.15, 0.2) is 23.8 Å². The topological polar surface area (TPSA) is 43.4 Å². The maximum atomic E-state index is 11.7. The van der Waals surface area contributed by atoms with Gasteiger partial charge < -0.3 is 4.74 Å². The summed E-state index contributed by atoms with van der Waals surface area (Å²) in [6.45, 7) is 4.44. The molecule has 0 amide bonds. The summed E-state index contributed by atoms with van der Waals surface area (Å²) in [7, 11) is 0. The van der Waals surface area contributed by atoms with Gasteiger partial charge in [-0.2, -0.15) is 0 Å². The zero-order chi connectivity index (χ0) is 15.5. The van der Waals surface area contributed by atoms with Crippen molar-refractivity contribution in [2.24, 2.45) is 23.2 Å². The van der Waals surface area contributed by atoms with Crippen molar-refractivity contribution in [3.05, 3.63) is 23.8 Å². The smallest absolute Gasteiger partial charge is 0.306 e. The molecule has 4 aliphatic rings. The van der Waals surface area contributed by atoms with Crippen molar-refractivity contribution in [2.45, 2.75) is 58.0 Å². The van der Waals surface area contributed by atoms with E-state index in [1.807, 2.05) is 6.08 Å². The lowest BCUT2D eigenvalue weighted by Crippen LogP contribution is -2.56. The number of carbonyl (C=O) groups is 2. The molecule has 4 rings (SSSR count). The summed E-state index contributed by atoms with van der Waals surface area (Å²) in [5.74, 6) is 1.77. The third-order valence-corrected chi connectivity index (χ3v) is 6.90. The molecule has 0 bridgehead atoms. The van der Waals surface area contributed by atoms with Crippen LogP contribution in [0.5, 0.6) is 0 Å². The van der Waals surface area contributed by atoms with Gasteiger partial charge in [-0.05, 0) is 63.0 Å². The predicted molar refractivity (Wildman–Crippen MR) is 83.0 cm³/mol. The fourth-order valence-corrected chi connectivity index (χ4v) is 5.72. The van der Waals surface area contributed by atoms with Gasteiger partial charge in [0.05, 0.1) is 0 Å². The van der Waals surface area contributed by atoms with Gasteiger partial charge >= 0.3 is 5.97 Å². The van der Waals surface area contributed by atoms with Crippen LogP contribution in [0, 0.1) is 23.2 Å². The van der Waals surface area contributed by atoms with Gasteiger partial charge in [0.2, 0.25) is 0 Å². The van der Waals surface area contributed by atoms with E-state index < -0.39 is 0 Å². The summed E-state index contributed by atoms with van der Waals surface area (Å²) in [6, 6.07) is 0. The van der Waals surface area contributed by atoms with Crippen LogP contribution in [0.3, 0.4) is 0 Å². The van der Waals surface area contributed by atoms with Gasteiger partial charge in [0.25, 0.3) is 0 Å². The third-order valence-electron chi connectivity index (χ3n) is 6.90. The summed E-state index contributed by atoms with van der Waals surface area (Å²) in [4.78, 5) is 23.4. The molecule has 0 spiro atoms. The zero-order valence-electron chi connectivity index (χ0n) is 13.4. The second-order valence-electron chi connectivity index (χ2n) is 7.97. The minimum Gasteiger partial charge on any atom is -0.459 e. The van der Waals surface area contributed by atoms with Gasteiger partial charge in [0, 0.05) is 17.8 Å². The average Bonchev–Trinajstić information content (AvgIpc) is 2.46. The molecule has 0 radical (unpaired) electrons. The highest BCUT2D eigenvalue weighted by Gasteiger charge is 2.56. The lowest BCUT2D eigenvalue weighted by atomic mass is 9.49. The number of ketones is 1. The van der Waals surface area contributed by atoms with Crippen molar-refractivity contribution < 1.29 is 14.3 Å². The highest BCUT2D eigenvalue weighted by Crippen LogP contribution is 2.60. The highest BCUT2D eigenvalue weighted by atomic mass is 16.6. The first-order valence-electron chi connectivity index (χ1n) is 8.58. The van der Waals surface area contributed by atoms with E-state index in [1.165, 1.54) is 5.57 Å². The Hall–Kier alpha value is -1.38. The monoisotopic (exact) mass is 300 g/mol. The number of carbonyl (C=O) groups excluding carboxylic acids is 2. The number of ether oxygens (including phenoxy) is 1. The average molecular weight is 300 g/mol. The molecule has 1 heterocycles. The zero-order valence-corrected chi connectivity index (χ0v) is 13.4. The molecule has 0 unspecified atom stereocenters. The van der Waals surface area contributed by atoms with Gasteiger partial charge in [0.15, 0.2) is 5.78 Å². The van der Waals surface area contributed by atoms with E-state index >= 15 is 0 Å². The molecule has 118 valence electrons. The Bertz CT molecular complexity index is 602. The minimum absolute atomic E-state index is 0.0250. The van der Waals surface area contributed by atoms with Crippen LogP contribution < -0.4 is 0 Å². The first kappa shape index (κ1) is 14.2. The SMILES string of the molecule is C[C@]12C=CC(=O)C=C1CC[C@H]1[C@H]2CC[C@]2(C)OC(=O)CC[C@H]12.